The monoisotopic (exact) mass is 249 g/mol. The van der Waals surface area contributed by atoms with E-state index in [1.54, 1.807) is 0 Å². The molecule has 1 nitrogen and oxygen atoms in total. The van der Waals surface area contributed by atoms with E-state index >= 15 is 0 Å². The summed E-state index contributed by atoms with van der Waals surface area (Å²) < 4.78 is 0. The van der Waals surface area contributed by atoms with Crippen molar-refractivity contribution >= 4 is 5.69 Å². The van der Waals surface area contributed by atoms with Crippen LogP contribution in [-0.4, -0.2) is 6.54 Å². The first kappa shape index (κ1) is 11.1. The molecule has 19 heavy (non-hydrogen) atoms. The zero-order chi connectivity index (χ0) is 12.7. The molecule has 2 aromatic rings. The van der Waals surface area contributed by atoms with E-state index in [4.69, 9.17) is 0 Å². The number of hydrogen-bond donors (Lipinski definition) is 1. The third kappa shape index (κ3) is 2.03. The molecule has 2 unspecified atom stereocenters. The van der Waals surface area contributed by atoms with Gasteiger partial charge in [-0.25, -0.2) is 0 Å². The van der Waals surface area contributed by atoms with E-state index in [9.17, 15) is 0 Å². The Morgan fingerprint density at radius 3 is 2.63 bits per heavy atom. The SMILES string of the molecule is c1ccc(C2CC2c2ccc3c(c2)NCCC3)cc1. The maximum Gasteiger partial charge on any atom is 0.0375 e. The normalized spacial score (nSPS) is 24.4. The molecule has 0 aromatic heterocycles. The van der Waals surface area contributed by atoms with Crippen LogP contribution in [-0.2, 0) is 6.42 Å². The van der Waals surface area contributed by atoms with Crippen molar-refractivity contribution in [3.8, 4) is 0 Å². The topological polar surface area (TPSA) is 12.0 Å². The first-order chi connectivity index (χ1) is 9.42. The highest BCUT2D eigenvalue weighted by atomic mass is 14.9. The quantitative estimate of drug-likeness (QED) is 0.836. The molecule has 4 rings (SSSR count). The second-order valence-corrected chi connectivity index (χ2v) is 5.81. The van der Waals surface area contributed by atoms with Gasteiger partial charge in [-0.05, 0) is 53.9 Å². The molecule has 0 amide bonds. The summed E-state index contributed by atoms with van der Waals surface area (Å²) in [7, 11) is 0. The van der Waals surface area contributed by atoms with Crippen LogP contribution in [0.2, 0.25) is 0 Å². The van der Waals surface area contributed by atoms with Crippen LogP contribution in [0.1, 0.15) is 41.4 Å². The second kappa shape index (κ2) is 4.41. The Kier molecular flexibility index (Phi) is 2.58. The molecular formula is C18H19N. The van der Waals surface area contributed by atoms with Crippen molar-refractivity contribution in [3.63, 3.8) is 0 Å². The smallest absolute Gasteiger partial charge is 0.0375 e. The number of benzene rings is 2. The first-order valence-corrected chi connectivity index (χ1v) is 7.33. The Balaban J connectivity index is 1.58. The van der Waals surface area contributed by atoms with Gasteiger partial charge in [0.15, 0.2) is 0 Å². The van der Waals surface area contributed by atoms with Crippen LogP contribution in [0.5, 0.6) is 0 Å². The molecule has 96 valence electrons. The average Bonchev–Trinajstić information content (AvgIpc) is 3.28. The fourth-order valence-electron chi connectivity index (χ4n) is 3.34. The summed E-state index contributed by atoms with van der Waals surface area (Å²) >= 11 is 0. The molecule has 1 N–H and O–H groups in total. The average molecular weight is 249 g/mol. The predicted octanol–water partition coefficient (Wildman–Crippen LogP) is 4.32. The zero-order valence-electron chi connectivity index (χ0n) is 11.1. The maximum absolute atomic E-state index is 3.54. The zero-order valence-corrected chi connectivity index (χ0v) is 11.1. The van der Waals surface area contributed by atoms with Crippen LogP contribution >= 0.6 is 0 Å². The first-order valence-electron chi connectivity index (χ1n) is 7.33. The van der Waals surface area contributed by atoms with Crippen LogP contribution in [0.25, 0.3) is 0 Å². The van der Waals surface area contributed by atoms with Gasteiger partial charge in [-0.1, -0.05) is 42.5 Å². The van der Waals surface area contributed by atoms with E-state index in [-0.39, 0.29) is 0 Å². The number of fused-ring (bicyclic) bond motifs is 1. The third-order valence-corrected chi connectivity index (χ3v) is 4.52. The van der Waals surface area contributed by atoms with E-state index < -0.39 is 0 Å². The molecule has 1 heterocycles. The van der Waals surface area contributed by atoms with Gasteiger partial charge in [0.2, 0.25) is 0 Å². The summed E-state index contributed by atoms with van der Waals surface area (Å²) in [6, 6.07) is 18.0. The van der Waals surface area contributed by atoms with Gasteiger partial charge in [-0.3, -0.25) is 0 Å². The van der Waals surface area contributed by atoms with Crippen molar-refractivity contribution in [3.05, 3.63) is 65.2 Å². The van der Waals surface area contributed by atoms with Crippen molar-refractivity contribution in [2.75, 3.05) is 11.9 Å². The molecule has 0 radical (unpaired) electrons. The lowest BCUT2D eigenvalue weighted by molar-refractivity contribution is 0.828. The molecule has 1 aliphatic carbocycles. The second-order valence-electron chi connectivity index (χ2n) is 5.81. The summed E-state index contributed by atoms with van der Waals surface area (Å²) in [4.78, 5) is 0. The highest BCUT2D eigenvalue weighted by Gasteiger charge is 2.39. The van der Waals surface area contributed by atoms with Gasteiger partial charge in [-0.2, -0.15) is 0 Å². The van der Waals surface area contributed by atoms with Crippen LogP contribution in [0.3, 0.4) is 0 Å². The summed E-state index contributed by atoms with van der Waals surface area (Å²) in [5.74, 6) is 1.47. The number of hydrogen-bond acceptors (Lipinski definition) is 1. The molecule has 2 aromatic carbocycles. The largest absolute Gasteiger partial charge is 0.385 e. The summed E-state index contributed by atoms with van der Waals surface area (Å²) in [5, 5.41) is 3.54. The van der Waals surface area contributed by atoms with Crippen molar-refractivity contribution in [2.24, 2.45) is 0 Å². The highest BCUT2D eigenvalue weighted by Crippen LogP contribution is 2.55. The lowest BCUT2D eigenvalue weighted by Crippen LogP contribution is -2.11. The molecule has 2 atom stereocenters. The number of rotatable bonds is 2. The van der Waals surface area contributed by atoms with Crippen molar-refractivity contribution in [2.45, 2.75) is 31.1 Å². The summed E-state index contributed by atoms with van der Waals surface area (Å²) in [5.41, 5.74) is 5.88. The molecule has 0 saturated heterocycles. The summed E-state index contributed by atoms with van der Waals surface area (Å²) in [6.45, 7) is 1.13. The number of anilines is 1. The minimum Gasteiger partial charge on any atom is -0.385 e. The fourth-order valence-corrected chi connectivity index (χ4v) is 3.34. The standard InChI is InChI=1S/C18H19N/c1-2-5-13(6-3-1)16-12-17(16)15-9-8-14-7-4-10-19-18(14)11-15/h1-3,5-6,8-9,11,16-17,19H,4,7,10,12H2. The summed E-state index contributed by atoms with van der Waals surface area (Å²) in [6.07, 6.45) is 3.81. The van der Waals surface area contributed by atoms with E-state index in [2.05, 4.69) is 53.8 Å². The lowest BCUT2D eigenvalue weighted by atomic mass is 9.98. The Morgan fingerprint density at radius 1 is 0.895 bits per heavy atom. The van der Waals surface area contributed by atoms with Crippen molar-refractivity contribution < 1.29 is 0 Å². The van der Waals surface area contributed by atoms with E-state index in [1.807, 2.05) is 0 Å². The van der Waals surface area contributed by atoms with Crippen LogP contribution in [0, 0.1) is 0 Å². The Labute approximate surface area is 114 Å². The number of nitrogens with one attached hydrogen (secondary N) is 1. The number of aryl methyl sites for hydroxylation is 1. The van der Waals surface area contributed by atoms with Gasteiger partial charge >= 0.3 is 0 Å². The molecule has 1 heteroatoms. The Hall–Kier alpha value is -1.76. The van der Waals surface area contributed by atoms with E-state index in [1.165, 1.54) is 41.6 Å². The molecule has 1 fully saturated rings. The van der Waals surface area contributed by atoms with E-state index in [0.29, 0.717) is 0 Å². The van der Waals surface area contributed by atoms with Gasteiger partial charge in [0, 0.05) is 12.2 Å². The lowest BCUT2D eigenvalue weighted by Gasteiger charge is -2.18. The van der Waals surface area contributed by atoms with Gasteiger partial charge in [0.05, 0.1) is 0 Å². The molecule has 0 bridgehead atoms. The molecular weight excluding hydrogens is 230 g/mol. The maximum atomic E-state index is 3.54. The van der Waals surface area contributed by atoms with Crippen molar-refractivity contribution in [1.82, 2.24) is 0 Å². The predicted molar refractivity (Wildman–Crippen MR) is 79.8 cm³/mol. The van der Waals surface area contributed by atoms with E-state index in [0.717, 1.165) is 18.4 Å². The minimum atomic E-state index is 0.733. The molecule has 1 saturated carbocycles. The van der Waals surface area contributed by atoms with Crippen LogP contribution in [0.15, 0.2) is 48.5 Å². The third-order valence-electron chi connectivity index (χ3n) is 4.52. The Morgan fingerprint density at radius 2 is 1.74 bits per heavy atom. The van der Waals surface area contributed by atoms with Gasteiger partial charge in [0.25, 0.3) is 0 Å². The van der Waals surface area contributed by atoms with Crippen LogP contribution in [0.4, 0.5) is 5.69 Å². The van der Waals surface area contributed by atoms with Crippen molar-refractivity contribution in [1.29, 1.82) is 0 Å². The Bertz CT molecular complexity index is 588. The molecule has 2 aliphatic rings. The van der Waals surface area contributed by atoms with Gasteiger partial charge in [-0.15, -0.1) is 0 Å². The van der Waals surface area contributed by atoms with Crippen LogP contribution < -0.4 is 5.32 Å². The fraction of sp³-hybridized carbons (Fsp3) is 0.333. The minimum absolute atomic E-state index is 0.733. The molecule has 1 aliphatic heterocycles. The molecule has 0 spiro atoms. The van der Waals surface area contributed by atoms with Gasteiger partial charge < -0.3 is 5.32 Å². The highest BCUT2D eigenvalue weighted by molar-refractivity contribution is 5.56. The van der Waals surface area contributed by atoms with Gasteiger partial charge in [0.1, 0.15) is 0 Å².